The van der Waals surface area contributed by atoms with Crippen molar-refractivity contribution in [2.24, 2.45) is 0 Å². The Labute approximate surface area is 187 Å². The molecule has 0 unspecified atom stereocenters. The molecule has 0 saturated carbocycles. The lowest BCUT2D eigenvalue weighted by Gasteiger charge is -2.21. The van der Waals surface area contributed by atoms with Gasteiger partial charge in [0.2, 0.25) is 5.43 Å². The van der Waals surface area contributed by atoms with Gasteiger partial charge in [-0.25, -0.2) is 9.78 Å². The highest BCUT2D eigenvalue weighted by atomic mass is 35.5. The van der Waals surface area contributed by atoms with E-state index in [9.17, 15) is 14.7 Å². The summed E-state index contributed by atoms with van der Waals surface area (Å²) in [5, 5.41) is 10.2. The van der Waals surface area contributed by atoms with Gasteiger partial charge < -0.3 is 20.3 Å². The number of nitrogens with zero attached hydrogens (tertiary/aromatic N) is 4. The molecule has 5 rings (SSSR count). The van der Waals surface area contributed by atoms with E-state index in [1.54, 1.807) is 23.0 Å². The summed E-state index contributed by atoms with van der Waals surface area (Å²) >= 11 is 6.59. The van der Waals surface area contributed by atoms with Crippen molar-refractivity contribution in [2.75, 3.05) is 10.6 Å². The molecule has 1 aromatic carbocycles. The number of benzene rings is 1. The van der Waals surface area contributed by atoms with Crippen LogP contribution in [0, 0.1) is 6.92 Å². The number of hydrogen-bond donors (Lipinski definition) is 2. The van der Waals surface area contributed by atoms with Gasteiger partial charge >= 0.3 is 5.97 Å². The van der Waals surface area contributed by atoms with Gasteiger partial charge in [0.15, 0.2) is 0 Å². The third-order valence-corrected chi connectivity index (χ3v) is 6.00. The average Bonchev–Trinajstić information content (AvgIpc) is 3.18. The minimum Gasteiger partial charge on any atom is -0.477 e. The average molecular weight is 448 g/mol. The molecule has 0 atom stereocenters. The Morgan fingerprint density at radius 2 is 2.00 bits per heavy atom. The normalized spacial score (nSPS) is 12.9. The molecule has 1 aliphatic heterocycles. The molecular formula is C23H18ClN5O3. The van der Waals surface area contributed by atoms with Crippen LogP contribution in [0.5, 0.6) is 0 Å². The number of halogens is 1. The zero-order valence-corrected chi connectivity index (χ0v) is 17.8. The van der Waals surface area contributed by atoms with Gasteiger partial charge in [0.05, 0.1) is 40.3 Å². The van der Waals surface area contributed by atoms with Gasteiger partial charge in [0.1, 0.15) is 11.4 Å². The minimum atomic E-state index is -1.31. The SMILES string of the molecule is Cc1cc(N)ncc1-n1cc(C(=O)O)c(=O)c2cc(Cl)c(N3Cc4cccnc4C3)cc21. The Morgan fingerprint density at radius 3 is 2.72 bits per heavy atom. The van der Waals surface area contributed by atoms with Gasteiger partial charge in [-0.2, -0.15) is 0 Å². The third kappa shape index (κ3) is 3.16. The van der Waals surface area contributed by atoms with Gasteiger partial charge in [-0.1, -0.05) is 17.7 Å². The predicted molar refractivity (Wildman–Crippen MR) is 123 cm³/mol. The molecule has 32 heavy (non-hydrogen) atoms. The van der Waals surface area contributed by atoms with E-state index in [0.717, 1.165) is 22.5 Å². The number of carboxylic acid groups (broad SMARTS) is 1. The molecule has 0 radical (unpaired) electrons. The van der Waals surface area contributed by atoms with Crippen LogP contribution in [-0.4, -0.2) is 25.6 Å². The Kier molecular flexibility index (Phi) is 4.60. The third-order valence-electron chi connectivity index (χ3n) is 5.69. The molecule has 9 heteroatoms. The molecule has 0 fully saturated rings. The van der Waals surface area contributed by atoms with Crippen molar-refractivity contribution in [1.29, 1.82) is 0 Å². The number of fused-ring (bicyclic) bond motifs is 2. The lowest BCUT2D eigenvalue weighted by Crippen LogP contribution is -2.20. The largest absolute Gasteiger partial charge is 0.477 e. The smallest absolute Gasteiger partial charge is 0.341 e. The molecule has 0 amide bonds. The quantitative estimate of drug-likeness (QED) is 0.493. The summed E-state index contributed by atoms with van der Waals surface area (Å²) in [6.07, 6.45) is 4.64. The number of aryl methyl sites for hydroxylation is 1. The molecule has 3 aromatic heterocycles. The van der Waals surface area contributed by atoms with Crippen molar-refractivity contribution in [2.45, 2.75) is 20.0 Å². The molecule has 0 saturated heterocycles. The van der Waals surface area contributed by atoms with Gasteiger partial charge in [0.25, 0.3) is 0 Å². The molecule has 160 valence electrons. The van der Waals surface area contributed by atoms with Crippen molar-refractivity contribution in [1.82, 2.24) is 14.5 Å². The first-order valence-electron chi connectivity index (χ1n) is 9.86. The predicted octanol–water partition coefficient (Wildman–Crippen LogP) is 3.54. The number of aromatic carboxylic acids is 1. The van der Waals surface area contributed by atoms with Crippen LogP contribution in [-0.2, 0) is 13.1 Å². The first-order valence-corrected chi connectivity index (χ1v) is 10.2. The fraction of sp³-hybridized carbons (Fsp3) is 0.130. The van der Waals surface area contributed by atoms with E-state index in [1.165, 1.54) is 12.3 Å². The number of anilines is 2. The first kappa shape index (κ1) is 20.0. The Hall–Kier alpha value is -3.91. The number of carbonyl (C=O) groups is 1. The van der Waals surface area contributed by atoms with E-state index < -0.39 is 11.4 Å². The lowest BCUT2D eigenvalue weighted by atomic mass is 10.1. The second kappa shape index (κ2) is 7.35. The van der Waals surface area contributed by atoms with E-state index in [0.29, 0.717) is 35.1 Å². The highest BCUT2D eigenvalue weighted by Gasteiger charge is 2.24. The van der Waals surface area contributed by atoms with Crippen LogP contribution in [0.4, 0.5) is 11.5 Å². The molecule has 1 aliphatic rings. The standard InChI is InChI=1S/C23H18ClN5O3/c1-12-5-21(25)27-8-20(12)29-10-15(23(31)32)22(30)14-6-16(24)19(7-18(14)29)28-9-13-3-2-4-26-17(13)11-28/h2-8,10H,9,11H2,1H3,(H2,25,27)(H,31,32). The molecule has 4 aromatic rings. The van der Waals surface area contributed by atoms with Crippen molar-refractivity contribution in [3.8, 4) is 5.69 Å². The topological polar surface area (TPSA) is 114 Å². The summed E-state index contributed by atoms with van der Waals surface area (Å²) in [5.74, 6) is -0.964. The molecule has 0 spiro atoms. The lowest BCUT2D eigenvalue weighted by molar-refractivity contribution is 0.0695. The highest BCUT2D eigenvalue weighted by molar-refractivity contribution is 6.34. The Bertz CT molecular complexity index is 1460. The fourth-order valence-corrected chi connectivity index (χ4v) is 4.40. The number of hydrogen-bond acceptors (Lipinski definition) is 6. The Balaban J connectivity index is 1.77. The zero-order valence-electron chi connectivity index (χ0n) is 17.0. The van der Waals surface area contributed by atoms with Gasteiger partial charge in [-0.15, -0.1) is 0 Å². The number of aromatic nitrogens is 3. The van der Waals surface area contributed by atoms with Crippen molar-refractivity contribution >= 4 is 40.0 Å². The summed E-state index contributed by atoms with van der Waals surface area (Å²) in [4.78, 5) is 35.4. The number of pyridine rings is 3. The molecule has 0 bridgehead atoms. The number of nitrogens with two attached hydrogens (primary N) is 1. The molecule has 4 heterocycles. The summed E-state index contributed by atoms with van der Waals surface area (Å²) in [5.41, 5.74) is 9.59. The number of carboxylic acids is 1. The molecule has 0 aliphatic carbocycles. The molecular weight excluding hydrogens is 430 g/mol. The first-order chi connectivity index (χ1) is 15.3. The zero-order chi connectivity index (χ0) is 22.6. The van der Waals surface area contributed by atoms with E-state index in [-0.39, 0.29) is 10.9 Å². The minimum absolute atomic E-state index is 0.213. The van der Waals surface area contributed by atoms with Crippen LogP contribution in [0.25, 0.3) is 16.6 Å². The van der Waals surface area contributed by atoms with Gasteiger partial charge in [0, 0.05) is 24.3 Å². The van der Waals surface area contributed by atoms with Crippen LogP contribution in [0.15, 0.2) is 53.7 Å². The number of nitrogen functional groups attached to an aromatic ring is 1. The summed E-state index contributed by atoms with van der Waals surface area (Å²) in [6.45, 7) is 3.06. The summed E-state index contributed by atoms with van der Waals surface area (Å²) in [7, 11) is 0. The second-order valence-electron chi connectivity index (χ2n) is 7.73. The van der Waals surface area contributed by atoms with Crippen LogP contribution in [0.1, 0.15) is 27.2 Å². The van der Waals surface area contributed by atoms with Crippen LogP contribution in [0.2, 0.25) is 5.02 Å². The summed E-state index contributed by atoms with van der Waals surface area (Å²) < 4.78 is 1.66. The Morgan fingerprint density at radius 1 is 1.19 bits per heavy atom. The van der Waals surface area contributed by atoms with Crippen molar-refractivity contribution in [3.05, 3.63) is 86.6 Å². The van der Waals surface area contributed by atoms with E-state index in [2.05, 4.69) is 14.9 Å². The molecule has 3 N–H and O–H groups in total. The fourth-order valence-electron chi connectivity index (χ4n) is 4.12. The molecule has 8 nitrogen and oxygen atoms in total. The number of rotatable bonds is 3. The van der Waals surface area contributed by atoms with Crippen LogP contribution < -0.4 is 16.1 Å². The monoisotopic (exact) mass is 447 g/mol. The van der Waals surface area contributed by atoms with Gasteiger partial charge in [-0.05, 0) is 42.3 Å². The second-order valence-corrected chi connectivity index (χ2v) is 8.14. The maximum atomic E-state index is 12.9. The highest BCUT2D eigenvalue weighted by Crippen LogP contribution is 2.36. The van der Waals surface area contributed by atoms with Crippen molar-refractivity contribution in [3.63, 3.8) is 0 Å². The van der Waals surface area contributed by atoms with E-state index in [4.69, 9.17) is 17.3 Å². The van der Waals surface area contributed by atoms with E-state index >= 15 is 0 Å². The van der Waals surface area contributed by atoms with Crippen LogP contribution >= 0.6 is 11.6 Å². The van der Waals surface area contributed by atoms with Crippen molar-refractivity contribution < 1.29 is 9.90 Å². The van der Waals surface area contributed by atoms with Gasteiger partial charge in [-0.3, -0.25) is 9.78 Å². The van der Waals surface area contributed by atoms with Crippen LogP contribution in [0.3, 0.4) is 0 Å². The van der Waals surface area contributed by atoms with E-state index in [1.807, 2.05) is 25.1 Å². The maximum absolute atomic E-state index is 12.9. The maximum Gasteiger partial charge on any atom is 0.341 e. The summed E-state index contributed by atoms with van der Waals surface area (Å²) in [6, 6.07) is 8.96.